The zero-order chi connectivity index (χ0) is 20.1. The number of nitrogens with one attached hydrogen (secondary N) is 2. The number of carbonyl (C=O) groups is 1. The minimum atomic E-state index is -3.76. The van der Waals surface area contributed by atoms with Crippen molar-refractivity contribution in [1.82, 2.24) is 0 Å². The Balaban J connectivity index is 1.67. The summed E-state index contributed by atoms with van der Waals surface area (Å²) in [5, 5.41) is 3.24. The van der Waals surface area contributed by atoms with E-state index < -0.39 is 10.0 Å². The fourth-order valence-corrected chi connectivity index (χ4v) is 3.80. The molecular formula is C21H19ClN2O3S. The van der Waals surface area contributed by atoms with Crippen molar-refractivity contribution in [3.05, 3.63) is 88.9 Å². The normalized spacial score (nSPS) is 11.1. The Kier molecular flexibility index (Phi) is 6.02. The van der Waals surface area contributed by atoms with Crippen LogP contribution < -0.4 is 10.0 Å². The Morgan fingerprint density at radius 2 is 1.57 bits per heavy atom. The second kappa shape index (κ2) is 8.46. The van der Waals surface area contributed by atoms with Crippen molar-refractivity contribution >= 4 is 38.9 Å². The van der Waals surface area contributed by atoms with Gasteiger partial charge in [0.1, 0.15) is 0 Å². The molecule has 28 heavy (non-hydrogen) atoms. The van der Waals surface area contributed by atoms with Crippen LogP contribution >= 0.6 is 11.6 Å². The van der Waals surface area contributed by atoms with Crippen LogP contribution in [0.3, 0.4) is 0 Å². The summed E-state index contributed by atoms with van der Waals surface area (Å²) in [6, 6.07) is 20.3. The summed E-state index contributed by atoms with van der Waals surface area (Å²) in [5.74, 6) is -0.172. The Bertz CT molecular complexity index is 1080. The van der Waals surface area contributed by atoms with Gasteiger partial charge in [0.15, 0.2) is 0 Å². The molecule has 7 heteroatoms. The number of benzene rings is 3. The minimum Gasteiger partial charge on any atom is -0.326 e. The molecular weight excluding hydrogens is 396 g/mol. The average molecular weight is 415 g/mol. The largest absolute Gasteiger partial charge is 0.326 e. The van der Waals surface area contributed by atoms with Crippen LogP contribution in [0.25, 0.3) is 0 Å². The molecule has 1 amide bonds. The van der Waals surface area contributed by atoms with E-state index in [2.05, 4.69) is 10.0 Å². The second-order valence-electron chi connectivity index (χ2n) is 6.30. The molecule has 0 saturated heterocycles. The predicted molar refractivity (Wildman–Crippen MR) is 112 cm³/mol. The lowest BCUT2D eigenvalue weighted by Crippen LogP contribution is -2.15. The maximum absolute atomic E-state index is 12.5. The van der Waals surface area contributed by atoms with Crippen LogP contribution in [-0.4, -0.2) is 14.3 Å². The lowest BCUT2D eigenvalue weighted by Gasteiger charge is -2.10. The first-order valence-corrected chi connectivity index (χ1v) is 10.4. The fraction of sp³-hybridized carbons (Fsp3) is 0.0952. The number of amides is 1. The Morgan fingerprint density at radius 3 is 2.21 bits per heavy atom. The highest BCUT2D eigenvalue weighted by molar-refractivity contribution is 7.92. The van der Waals surface area contributed by atoms with E-state index in [0.717, 1.165) is 11.1 Å². The van der Waals surface area contributed by atoms with Gasteiger partial charge in [0.05, 0.1) is 17.0 Å². The third-order valence-electron chi connectivity index (χ3n) is 4.08. The van der Waals surface area contributed by atoms with Crippen molar-refractivity contribution < 1.29 is 13.2 Å². The molecule has 5 nitrogen and oxygen atoms in total. The smallest absolute Gasteiger partial charge is 0.261 e. The first-order valence-electron chi connectivity index (χ1n) is 8.56. The van der Waals surface area contributed by atoms with Gasteiger partial charge in [0.25, 0.3) is 10.0 Å². The molecule has 0 aliphatic rings. The highest BCUT2D eigenvalue weighted by atomic mass is 35.5. The van der Waals surface area contributed by atoms with E-state index in [-0.39, 0.29) is 17.2 Å². The van der Waals surface area contributed by atoms with Gasteiger partial charge in [-0.3, -0.25) is 9.52 Å². The van der Waals surface area contributed by atoms with Crippen molar-refractivity contribution in [2.24, 2.45) is 0 Å². The SMILES string of the molecule is Cc1ccc(NS(=O)(=O)c2ccc(NC(=O)Cc3ccccc3)cc2)cc1Cl. The molecule has 144 valence electrons. The summed E-state index contributed by atoms with van der Waals surface area (Å²) < 4.78 is 27.6. The first-order chi connectivity index (χ1) is 13.3. The summed E-state index contributed by atoms with van der Waals surface area (Å²) in [7, 11) is -3.76. The molecule has 2 N–H and O–H groups in total. The third-order valence-corrected chi connectivity index (χ3v) is 5.88. The molecule has 0 unspecified atom stereocenters. The molecule has 0 spiro atoms. The van der Waals surface area contributed by atoms with E-state index in [9.17, 15) is 13.2 Å². The Hall–Kier alpha value is -2.83. The average Bonchev–Trinajstić information content (AvgIpc) is 2.66. The topological polar surface area (TPSA) is 75.3 Å². The molecule has 3 rings (SSSR count). The molecule has 0 bridgehead atoms. The molecule has 0 radical (unpaired) electrons. The van der Waals surface area contributed by atoms with E-state index in [0.29, 0.717) is 16.4 Å². The van der Waals surface area contributed by atoms with Crippen molar-refractivity contribution in [3.8, 4) is 0 Å². The monoisotopic (exact) mass is 414 g/mol. The quantitative estimate of drug-likeness (QED) is 0.617. The van der Waals surface area contributed by atoms with E-state index >= 15 is 0 Å². The zero-order valence-corrected chi connectivity index (χ0v) is 16.7. The van der Waals surface area contributed by atoms with Gasteiger partial charge in [-0.2, -0.15) is 0 Å². The van der Waals surface area contributed by atoms with Crippen molar-refractivity contribution in [3.63, 3.8) is 0 Å². The molecule has 3 aromatic carbocycles. The number of hydrogen-bond acceptors (Lipinski definition) is 3. The summed E-state index contributed by atoms with van der Waals surface area (Å²) >= 11 is 6.04. The van der Waals surface area contributed by atoms with Gasteiger partial charge in [-0.1, -0.05) is 48.0 Å². The molecule has 0 heterocycles. The van der Waals surface area contributed by atoms with Gasteiger partial charge >= 0.3 is 0 Å². The van der Waals surface area contributed by atoms with E-state index in [4.69, 9.17) is 11.6 Å². The van der Waals surface area contributed by atoms with Crippen LogP contribution in [0.1, 0.15) is 11.1 Å². The standard InChI is InChI=1S/C21H19ClN2O3S/c1-15-7-8-18(14-20(15)22)24-28(26,27)19-11-9-17(10-12-19)23-21(25)13-16-5-3-2-4-6-16/h2-12,14,24H,13H2,1H3,(H,23,25). The highest BCUT2D eigenvalue weighted by Crippen LogP contribution is 2.23. The maximum Gasteiger partial charge on any atom is 0.261 e. The molecule has 0 atom stereocenters. The molecule has 0 aromatic heterocycles. The fourth-order valence-electron chi connectivity index (χ4n) is 2.57. The van der Waals surface area contributed by atoms with Crippen molar-refractivity contribution in [2.75, 3.05) is 10.0 Å². The molecule has 0 fully saturated rings. The van der Waals surface area contributed by atoms with Crippen LogP contribution in [0.2, 0.25) is 5.02 Å². The maximum atomic E-state index is 12.5. The summed E-state index contributed by atoms with van der Waals surface area (Å²) in [6.45, 7) is 1.84. The number of carbonyl (C=O) groups excluding carboxylic acids is 1. The van der Waals surface area contributed by atoms with E-state index in [1.165, 1.54) is 12.1 Å². The second-order valence-corrected chi connectivity index (χ2v) is 8.39. The van der Waals surface area contributed by atoms with Crippen molar-refractivity contribution in [1.29, 1.82) is 0 Å². The van der Waals surface area contributed by atoms with E-state index in [1.54, 1.807) is 30.3 Å². The highest BCUT2D eigenvalue weighted by Gasteiger charge is 2.15. The Labute approximate surface area is 169 Å². The molecule has 0 aliphatic carbocycles. The third kappa shape index (κ3) is 5.12. The molecule has 3 aromatic rings. The first kappa shape index (κ1) is 19.9. The number of halogens is 1. The van der Waals surface area contributed by atoms with Crippen LogP contribution in [0, 0.1) is 6.92 Å². The summed E-state index contributed by atoms with van der Waals surface area (Å²) in [4.78, 5) is 12.2. The van der Waals surface area contributed by atoms with Crippen LogP contribution in [0.4, 0.5) is 11.4 Å². The number of sulfonamides is 1. The van der Waals surface area contributed by atoms with Gasteiger partial charge in [-0.15, -0.1) is 0 Å². The molecule has 0 saturated carbocycles. The minimum absolute atomic E-state index is 0.0882. The van der Waals surface area contributed by atoms with Gasteiger partial charge in [-0.05, 0) is 54.4 Å². The van der Waals surface area contributed by atoms with E-state index in [1.807, 2.05) is 37.3 Å². The van der Waals surface area contributed by atoms with Crippen molar-refractivity contribution in [2.45, 2.75) is 18.2 Å². The van der Waals surface area contributed by atoms with Crippen LogP contribution in [0.5, 0.6) is 0 Å². The van der Waals surface area contributed by atoms with Crippen LogP contribution in [0.15, 0.2) is 77.7 Å². The lowest BCUT2D eigenvalue weighted by molar-refractivity contribution is -0.115. The lowest BCUT2D eigenvalue weighted by atomic mass is 10.1. The zero-order valence-electron chi connectivity index (χ0n) is 15.1. The number of aryl methyl sites for hydroxylation is 1. The summed E-state index contributed by atoms with van der Waals surface area (Å²) in [5.41, 5.74) is 2.68. The molecule has 0 aliphatic heterocycles. The number of rotatable bonds is 6. The Morgan fingerprint density at radius 1 is 0.929 bits per heavy atom. The number of anilines is 2. The number of hydrogen-bond donors (Lipinski definition) is 2. The van der Waals surface area contributed by atoms with Gasteiger partial charge in [0, 0.05) is 10.7 Å². The van der Waals surface area contributed by atoms with Gasteiger partial charge < -0.3 is 5.32 Å². The van der Waals surface area contributed by atoms with Gasteiger partial charge in [-0.25, -0.2) is 8.42 Å². The summed E-state index contributed by atoms with van der Waals surface area (Å²) in [6.07, 6.45) is 0.247. The van der Waals surface area contributed by atoms with Gasteiger partial charge in [0.2, 0.25) is 5.91 Å². The van der Waals surface area contributed by atoms with Crippen LogP contribution in [-0.2, 0) is 21.2 Å². The predicted octanol–water partition coefficient (Wildman–Crippen LogP) is 4.63.